The first-order chi connectivity index (χ1) is 14.5. The first-order valence-electron chi connectivity index (χ1n) is 10.6. The van der Waals surface area contributed by atoms with Gasteiger partial charge < -0.3 is 18.6 Å². The largest absolute Gasteiger partial charge is 0.534 e. The number of hydrogen-bond donors (Lipinski definition) is 0. The lowest BCUT2D eigenvalue weighted by atomic mass is 9.58. The Hall–Kier alpha value is -1.36. The van der Waals surface area contributed by atoms with Gasteiger partial charge in [-0.3, -0.25) is 0 Å². The summed E-state index contributed by atoms with van der Waals surface area (Å²) < 4.78 is 78.4. The van der Waals surface area contributed by atoms with E-state index < -0.39 is 21.4 Å². The van der Waals surface area contributed by atoms with Crippen molar-refractivity contribution in [3.63, 3.8) is 0 Å². The summed E-state index contributed by atoms with van der Waals surface area (Å²) in [6.45, 7) is 2.06. The second-order valence-corrected chi connectivity index (χ2v) is 11.5. The van der Waals surface area contributed by atoms with E-state index in [1.165, 1.54) is 12.1 Å². The summed E-state index contributed by atoms with van der Waals surface area (Å²) in [4.78, 5) is 2.39. The molecular formula is C21H24F3NO5S. The molecule has 2 saturated heterocycles. The van der Waals surface area contributed by atoms with E-state index in [1.807, 2.05) is 0 Å². The maximum atomic E-state index is 12.9. The number of likely N-dealkylation sites (tertiary alicyclic amines) is 1. The number of alkyl halides is 3. The smallest absolute Gasteiger partial charge is 0.376 e. The molecule has 0 aromatic heterocycles. The minimum atomic E-state index is -5.72. The second kappa shape index (κ2) is 5.95. The Labute approximate surface area is 178 Å². The van der Waals surface area contributed by atoms with E-state index in [4.69, 9.17) is 9.47 Å². The Bertz CT molecular complexity index is 1050. The second-order valence-electron chi connectivity index (χ2n) is 9.96. The van der Waals surface area contributed by atoms with Crippen molar-refractivity contribution in [2.24, 2.45) is 11.3 Å². The van der Waals surface area contributed by atoms with Crippen molar-refractivity contribution >= 4 is 10.1 Å². The standard InChI is InChI=1S/C21H24F3NO5S/c1-25-12-18-9-13-2-3-14(30-31(26,27)21(22,23)24)8-16(13)19(10-18)11-20(28-6-7-29-20)5-4-15(19)17(18)25/h2-3,8,15,17H,4-7,9-12H2,1H3/t15-,17?,18?,19?/m0/s1. The molecule has 4 atom stereocenters. The predicted molar refractivity (Wildman–Crippen MR) is 103 cm³/mol. The molecule has 1 aromatic rings. The molecule has 3 unspecified atom stereocenters. The fourth-order valence-electron chi connectivity index (χ4n) is 7.71. The van der Waals surface area contributed by atoms with E-state index in [2.05, 4.69) is 16.1 Å². The Balaban J connectivity index is 1.46. The van der Waals surface area contributed by atoms with Crippen LogP contribution < -0.4 is 4.18 Å². The minimum absolute atomic E-state index is 0.150. The quantitative estimate of drug-likeness (QED) is 0.501. The first kappa shape index (κ1) is 20.3. The highest BCUT2D eigenvalue weighted by Gasteiger charge is 2.72. The molecule has 3 spiro atoms. The molecule has 2 heterocycles. The molecule has 2 aliphatic heterocycles. The topological polar surface area (TPSA) is 65.1 Å². The third kappa shape index (κ3) is 2.59. The number of benzene rings is 1. The van der Waals surface area contributed by atoms with Gasteiger partial charge in [-0.05, 0) is 55.5 Å². The van der Waals surface area contributed by atoms with Gasteiger partial charge in [-0.25, -0.2) is 0 Å². The maximum Gasteiger partial charge on any atom is 0.534 e. The summed E-state index contributed by atoms with van der Waals surface area (Å²) in [5, 5.41) is 0. The molecule has 4 fully saturated rings. The van der Waals surface area contributed by atoms with Gasteiger partial charge in [0.05, 0.1) is 13.2 Å². The van der Waals surface area contributed by atoms with E-state index in [9.17, 15) is 21.6 Å². The molecule has 3 aliphatic carbocycles. The molecule has 1 aromatic carbocycles. The van der Waals surface area contributed by atoms with Gasteiger partial charge in [-0.15, -0.1) is 0 Å². The molecule has 10 heteroatoms. The highest BCUT2D eigenvalue weighted by molar-refractivity contribution is 7.88. The molecule has 0 amide bonds. The summed E-state index contributed by atoms with van der Waals surface area (Å²) in [5.74, 6) is -0.634. The fraction of sp³-hybridized carbons (Fsp3) is 0.714. The Morgan fingerprint density at radius 2 is 1.94 bits per heavy atom. The van der Waals surface area contributed by atoms with Crippen LogP contribution in [0.5, 0.6) is 5.75 Å². The van der Waals surface area contributed by atoms with Crippen LogP contribution in [0.1, 0.15) is 36.8 Å². The normalized spacial score (nSPS) is 38.3. The van der Waals surface area contributed by atoms with Crippen LogP contribution in [-0.2, 0) is 31.4 Å². The predicted octanol–water partition coefficient (Wildman–Crippen LogP) is 2.96. The number of fused-ring (bicyclic) bond motifs is 2. The van der Waals surface area contributed by atoms with Gasteiger partial charge in [0.15, 0.2) is 5.79 Å². The van der Waals surface area contributed by atoms with Gasteiger partial charge in [0.1, 0.15) is 5.75 Å². The van der Waals surface area contributed by atoms with Crippen LogP contribution in [0, 0.1) is 11.3 Å². The lowest BCUT2D eigenvalue weighted by Crippen LogP contribution is -2.63. The van der Waals surface area contributed by atoms with Gasteiger partial charge in [0, 0.05) is 36.3 Å². The summed E-state index contributed by atoms with van der Waals surface area (Å²) in [7, 11) is -3.59. The third-order valence-electron chi connectivity index (χ3n) is 8.31. The van der Waals surface area contributed by atoms with Crippen molar-refractivity contribution < 1.29 is 35.2 Å². The molecule has 0 radical (unpaired) electrons. The van der Waals surface area contributed by atoms with E-state index in [0.717, 1.165) is 43.4 Å². The summed E-state index contributed by atoms with van der Waals surface area (Å²) in [5.41, 5.74) is -3.68. The molecule has 31 heavy (non-hydrogen) atoms. The van der Waals surface area contributed by atoms with Crippen LogP contribution >= 0.6 is 0 Å². The zero-order valence-electron chi connectivity index (χ0n) is 17.1. The molecule has 170 valence electrons. The van der Waals surface area contributed by atoms with Crippen molar-refractivity contribution in [3.8, 4) is 5.75 Å². The van der Waals surface area contributed by atoms with Gasteiger partial charge in [-0.2, -0.15) is 21.6 Å². The SMILES string of the molecule is CN1CC23Cc4ccc(OS(=O)(=O)C(F)(F)F)cc4C4(CC5(CC[C@H]4C12)OCCO5)C3. The Morgan fingerprint density at radius 3 is 2.61 bits per heavy atom. The van der Waals surface area contributed by atoms with Crippen LogP contribution in [0.3, 0.4) is 0 Å². The van der Waals surface area contributed by atoms with Crippen LogP contribution in [0.25, 0.3) is 0 Å². The van der Waals surface area contributed by atoms with Crippen molar-refractivity contribution in [2.75, 3.05) is 26.8 Å². The maximum absolute atomic E-state index is 12.9. The third-order valence-corrected chi connectivity index (χ3v) is 9.29. The summed E-state index contributed by atoms with van der Waals surface area (Å²) >= 11 is 0. The average Bonchev–Trinajstić information content (AvgIpc) is 3.17. The highest BCUT2D eigenvalue weighted by Crippen LogP contribution is 2.71. The molecule has 5 aliphatic rings. The number of nitrogens with zero attached hydrogens (tertiary/aromatic N) is 1. The number of halogens is 3. The summed E-state index contributed by atoms with van der Waals surface area (Å²) in [6.07, 6.45) is 4.10. The monoisotopic (exact) mass is 459 g/mol. The van der Waals surface area contributed by atoms with E-state index >= 15 is 0 Å². The minimum Gasteiger partial charge on any atom is -0.376 e. The van der Waals surface area contributed by atoms with E-state index in [1.54, 1.807) is 6.07 Å². The van der Waals surface area contributed by atoms with Crippen molar-refractivity contribution in [1.29, 1.82) is 0 Å². The Morgan fingerprint density at radius 1 is 1.19 bits per heavy atom. The van der Waals surface area contributed by atoms with Crippen LogP contribution in [0.4, 0.5) is 13.2 Å². The number of ether oxygens (including phenoxy) is 2. The lowest BCUT2D eigenvalue weighted by Gasteiger charge is -2.55. The first-order valence-corrected chi connectivity index (χ1v) is 12.0. The Kier molecular flexibility index (Phi) is 3.89. The number of rotatable bonds is 2. The zero-order valence-corrected chi connectivity index (χ0v) is 17.9. The zero-order chi connectivity index (χ0) is 21.9. The van der Waals surface area contributed by atoms with E-state index in [0.29, 0.717) is 31.6 Å². The molecule has 2 bridgehead atoms. The lowest BCUT2D eigenvalue weighted by molar-refractivity contribution is -0.199. The molecule has 2 saturated carbocycles. The molecule has 6 nitrogen and oxygen atoms in total. The highest BCUT2D eigenvalue weighted by atomic mass is 32.2. The van der Waals surface area contributed by atoms with Crippen molar-refractivity contribution in [1.82, 2.24) is 4.90 Å². The average molecular weight is 459 g/mol. The van der Waals surface area contributed by atoms with Gasteiger partial charge >= 0.3 is 15.6 Å². The fourth-order valence-corrected chi connectivity index (χ4v) is 8.16. The molecule has 6 rings (SSSR count). The summed E-state index contributed by atoms with van der Waals surface area (Å²) in [6, 6.07) is 5.02. The molecule has 0 N–H and O–H groups in total. The van der Waals surface area contributed by atoms with Crippen molar-refractivity contribution in [3.05, 3.63) is 29.3 Å². The van der Waals surface area contributed by atoms with E-state index in [-0.39, 0.29) is 16.6 Å². The van der Waals surface area contributed by atoms with Gasteiger partial charge in [-0.1, -0.05) is 6.07 Å². The molecular weight excluding hydrogens is 435 g/mol. The number of hydrogen-bond acceptors (Lipinski definition) is 6. The van der Waals surface area contributed by atoms with Crippen LogP contribution in [0.2, 0.25) is 0 Å². The van der Waals surface area contributed by atoms with Crippen LogP contribution in [-0.4, -0.2) is 57.5 Å². The van der Waals surface area contributed by atoms with Gasteiger partial charge in [0.2, 0.25) is 0 Å². The van der Waals surface area contributed by atoms with Crippen molar-refractivity contribution in [2.45, 2.75) is 54.9 Å². The van der Waals surface area contributed by atoms with Gasteiger partial charge in [0.25, 0.3) is 0 Å². The van der Waals surface area contributed by atoms with Crippen LogP contribution in [0.15, 0.2) is 18.2 Å².